The molecule has 0 radical (unpaired) electrons. The number of nitro benzene ring substituents is 1. The highest BCUT2D eigenvalue weighted by Crippen LogP contribution is 2.30. The Balaban J connectivity index is 1.77. The van der Waals surface area contributed by atoms with Gasteiger partial charge in [-0.15, -0.1) is 0 Å². The molecule has 1 heterocycles. The first kappa shape index (κ1) is 17.7. The molecule has 1 aliphatic rings. The van der Waals surface area contributed by atoms with E-state index in [1.54, 1.807) is 6.07 Å². The number of piperazine rings is 1. The van der Waals surface area contributed by atoms with Crippen LogP contribution in [0.25, 0.3) is 0 Å². The van der Waals surface area contributed by atoms with Crippen LogP contribution in [0.3, 0.4) is 0 Å². The Kier molecular flexibility index (Phi) is 5.04. The first-order valence-electron chi connectivity index (χ1n) is 8.29. The second-order valence-electron chi connectivity index (χ2n) is 6.21. The van der Waals surface area contributed by atoms with Crippen LogP contribution in [0.2, 0.25) is 0 Å². The minimum Gasteiger partial charge on any atom is -0.368 e. The lowest BCUT2D eigenvalue weighted by Gasteiger charge is -2.37. The third kappa shape index (κ3) is 3.60. The second kappa shape index (κ2) is 7.40. The van der Waals surface area contributed by atoms with Crippen LogP contribution in [-0.4, -0.2) is 42.2 Å². The summed E-state index contributed by atoms with van der Waals surface area (Å²) in [6.45, 7) is 4.82. The summed E-state index contributed by atoms with van der Waals surface area (Å²) in [6, 6.07) is 12.5. The van der Waals surface area contributed by atoms with E-state index in [9.17, 15) is 14.9 Å². The van der Waals surface area contributed by atoms with E-state index in [0.29, 0.717) is 18.8 Å². The molecular formula is C18H20N4O4. The first-order valence-corrected chi connectivity index (χ1v) is 8.29. The number of rotatable bonds is 4. The molecule has 0 aliphatic carbocycles. The van der Waals surface area contributed by atoms with Gasteiger partial charge in [-0.05, 0) is 31.2 Å². The van der Waals surface area contributed by atoms with Crippen molar-refractivity contribution in [2.24, 2.45) is 0 Å². The van der Waals surface area contributed by atoms with Crippen LogP contribution in [-0.2, 0) is 0 Å². The number of carbonyl (C=O) groups excluding carboxylic acids is 1. The van der Waals surface area contributed by atoms with Gasteiger partial charge in [0, 0.05) is 43.5 Å². The van der Waals surface area contributed by atoms with Gasteiger partial charge in [0.25, 0.3) is 11.6 Å². The van der Waals surface area contributed by atoms with Gasteiger partial charge in [-0.2, -0.15) is 0 Å². The minimum atomic E-state index is -0.774. The lowest BCUT2D eigenvalue weighted by molar-refractivity contribution is -0.384. The summed E-state index contributed by atoms with van der Waals surface area (Å²) < 4.78 is 0. The standard InChI is InChI=1S/C18H20N4O4/c1-13-2-5-15(6-3-13)20-8-10-21(11-9-20)16-7-4-14(18(23)19-24)12-17(16)22(25)26/h2-7,12,24H,8-11H2,1H3,(H,19,23). The Hall–Kier alpha value is -3.13. The number of nitro groups is 1. The molecule has 26 heavy (non-hydrogen) atoms. The van der Waals surface area contributed by atoms with Gasteiger partial charge in [-0.3, -0.25) is 20.1 Å². The van der Waals surface area contributed by atoms with Gasteiger partial charge in [0.05, 0.1) is 4.92 Å². The molecule has 0 saturated carbocycles. The summed E-state index contributed by atoms with van der Waals surface area (Å²) in [6.07, 6.45) is 0. The van der Waals surface area contributed by atoms with Crippen LogP contribution in [0.4, 0.5) is 17.1 Å². The van der Waals surface area contributed by atoms with E-state index in [-0.39, 0.29) is 11.3 Å². The maximum absolute atomic E-state index is 11.5. The number of amides is 1. The van der Waals surface area contributed by atoms with Gasteiger partial charge in [0.15, 0.2) is 0 Å². The fraction of sp³-hybridized carbons (Fsp3) is 0.278. The highest BCUT2D eigenvalue weighted by Gasteiger charge is 2.25. The fourth-order valence-corrected chi connectivity index (χ4v) is 3.10. The Morgan fingerprint density at radius 2 is 1.69 bits per heavy atom. The molecule has 1 fully saturated rings. The number of benzene rings is 2. The number of hydrogen-bond donors (Lipinski definition) is 2. The van der Waals surface area contributed by atoms with Gasteiger partial charge in [0.1, 0.15) is 5.69 Å². The zero-order valence-corrected chi connectivity index (χ0v) is 14.4. The highest BCUT2D eigenvalue weighted by atomic mass is 16.6. The molecule has 2 aromatic rings. The fourth-order valence-electron chi connectivity index (χ4n) is 3.10. The van der Waals surface area contributed by atoms with Crippen molar-refractivity contribution < 1.29 is 14.9 Å². The Labute approximate surface area is 150 Å². The van der Waals surface area contributed by atoms with Crippen molar-refractivity contribution in [1.29, 1.82) is 0 Å². The second-order valence-corrected chi connectivity index (χ2v) is 6.21. The molecule has 0 aromatic heterocycles. The van der Waals surface area contributed by atoms with Crippen LogP contribution in [0, 0.1) is 17.0 Å². The van der Waals surface area contributed by atoms with E-state index in [4.69, 9.17) is 5.21 Å². The van der Waals surface area contributed by atoms with Gasteiger partial charge in [-0.1, -0.05) is 17.7 Å². The van der Waals surface area contributed by atoms with Crippen molar-refractivity contribution in [3.05, 3.63) is 63.7 Å². The van der Waals surface area contributed by atoms with Gasteiger partial charge >= 0.3 is 0 Å². The molecule has 0 spiro atoms. The Bertz CT molecular complexity index is 814. The Morgan fingerprint density at radius 1 is 1.08 bits per heavy atom. The van der Waals surface area contributed by atoms with Gasteiger partial charge < -0.3 is 9.80 Å². The lowest BCUT2D eigenvalue weighted by atomic mass is 10.1. The monoisotopic (exact) mass is 356 g/mol. The smallest absolute Gasteiger partial charge is 0.293 e. The van der Waals surface area contributed by atoms with Gasteiger partial charge in [-0.25, -0.2) is 5.48 Å². The van der Waals surface area contributed by atoms with Crippen molar-refractivity contribution in [2.45, 2.75) is 6.92 Å². The number of nitrogens with zero attached hydrogens (tertiary/aromatic N) is 3. The average Bonchev–Trinajstić information content (AvgIpc) is 2.67. The van der Waals surface area contributed by atoms with E-state index in [1.165, 1.54) is 23.2 Å². The number of hydrogen-bond acceptors (Lipinski definition) is 6. The number of hydroxylamine groups is 1. The molecule has 0 unspecified atom stereocenters. The van der Waals surface area contributed by atoms with Crippen molar-refractivity contribution in [3.63, 3.8) is 0 Å². The van der Waals surface area contributed by atoms with Crippen LogP contribution < -0.4 is 15.3 Å². The predicted molar refractivity (Wildman–Crippen MR) is 98.0 cm³/mol. The molecule has 1 amide bonds. The minimum absolute atomic E-state index is 0.0428. The predicted octanol–water partition coefficient (Wildman–Crippen LogP) is 2.35. The van der Waals surface area contributed by atoms with Crippen LogP contribution >= 0.6 is 0 Å². The molecule has 2 aromatic carbocycles. The first-order chi connectivity index (χ1) is 12.5. The van der Waals surface area contributed by atoms with Crippen molar-refractivity contribution in [2.75, 3.05) is 36.0 Å². The zero-order chi connectivity index (χ0) is 18.7. The molecule has 8 heteroatoms. The number of carbonyl (C=O) groups is 1. The number of anilines is 2. The number of nitrogens with one attached hydrogen (secondary N) is 1. The summed E-state index contributed by atoms with van der Waals surface area (Å²) >= 11 is 0. The summed E-state index contributed by atoms with van der Waals surface area (Å²) in [4.78, 5) is 26.6. The molecule has 136 valence electrons. The summed E-state index contributed by atoms with van der Waals surface area (Å²) in [7, 11) is 0. The maximum atomic E-state index is 11.5. The molecule has 0 atom stereocenters. The van der Waals surface area contributed by atoms with E-state index < -0.39 is 10.8 Å². The van der Waals surface area contributed by atoms with Crippen molar-refractivity contribution in [3.8, 4) is 0 Å². The zero-order valence-electron chi connectivity index (χ0n) is 14.4. The van der Waals surface area contributed by atoms with Crippen molar-refractivity contribution in [1.82, 2.24) is 5.48 Å². The van der Waals surface area contributed by atoms with Crippen molar-refractivity contribution >= 4 is 23.0 Å². The largest absolute Gasteiger partial charge is 0.368 e. The molecule has 1 saturated heterocycles. The van der Waals surface area contributed by atoms with Crippen LogP contribution in [0.5, 0.6) is 0 Å². The lowest BCUT2D eigenvalue weighted by Crippen LogP contribution is -2.46. The molecular weight excluding hydrogens is 336 g/mol. The molecule has 3 rings (SSSR count). The normalized spacial score (nSPS) is 14.2. The molecule has 0 bridgehead atoms. The summed E-state index contributed by atoms with van der Waals surface area (Å²) in [5.74, 6) is -0.774. The average molecular weight is 356 g/mol. The van der Waals surface area contributed by atoms with Crippen LogP contribution in [0.15, 0.2) is 42.5 Å². The maximum Gasteiger partial charge on any atom is 0.293 e. The molecule has 8 nitrogen and oxygen atoms in total. The van der Waals surface area contributed by atoms with E-state index in [1.807, 2.05) is 11.8 Å². The van der Waals surface area contributed by atoms with Gasteiger partial charge in [0.2, 0.25) is 0 Å². The number of aryl methyl sites for hydroxylation is 1. The van der Waals surface area contributed by atoms with Crippen LogP contribution in [0.1, 0.15) is 15.9 Å². The topological polar surface area (TPSA) is 99.0 Å². The van der Waals surface area contributed by atoms with E-state index in [2.05, 4.69) is 29.2 Å². The third-order valence-corrected chi connectivity index (χ3v) is 4.56. The Morgan fingerprint density at radius 3 is 2.27 bits per heavy atom. The molecule has 1 aliphatic heterocycles. The quantitative estimate of drug-likeness (QED) is 0.496. The SMILES string of the molecule is Cc1ccc(N2CCN(c3ccc(C(=O)NO)cc3[N+](=O)[O-])CC2)cc1. The van der Waals surface area contributed by atoms with E-state index in [0.717, 1.165) is 18.8 Å². The summed E-state index contributed by atoms with van der Waals surface area (Å²) in [5.41, 5.74) is 4.21. The third-order valence-electron chi connectivity index (χ3n) is 4.56. The van der Waals surface area contributed by atoms with E-state index >= 15 is 0 Å². The molecule has 2 N–H and O–H groups in total. The summed E-state index contributed by atoms with van der Waals surface area (Å²) in [5, 5.41) is 20.1. The highest BCUT2D eigenvalue weighted by molar-refractivity contribution is 5.95.